The number of anilines is 1. The summed E-state index contributed by atoms with van der Waals surface area (Å²) in [5, 5.41) is 4.06. The summed E-state index contributed by atoms with van der Waals surface area (Å²) in [7, 11) is 1.83. The molecule has 1 amide bonds. The van der Waals surface area contributed by atoms with Crippen molar-refractivity contribution < 1.29 is 4.79 Å². The summed E-state index contributed by atoms with van der Waals surface area (Å²) < 4.78 is 0. The molecule has 1 aromatic rings. The van der Waals surface area contributed by atoms with Crippen LogP contribution in [0.2, 0.25) is 5.02 Å². The van der Waals surface area contributed by atoms with E-state index < -0.39 is 0 Å². The van der Waals surface area contributed by atoms with Gasteiger partial charge in [0.2, 0.25) is 5.91 Å². The second-order valence-electron chi connectivity index (χ2n) is 5.62. The zero-order valence-corrected chi connectivity index (χ0v) is 13.0. The van der Waals surface area contributed by atoms with E-state index in [4.69, 9.17) is 11.6 Å². The highest BCUT2D eigenvalue weighted by Gasteiger charge is 2.17. The van der Waals surface area contributed by atoms with Crippen LogP contribution in [0.15, 0.2) is 18.2 Å². The van der Waals surface area contributed by atoms with Crippen molar-refractivity contribution in [3.63, 3.8) is 0 Å². The lowest BCUT2D eigenvalue weighted by atomic mass is 9.93. The van der Waals surface area contributed by atoms with Gasteiger partial charge in [-0.15, -0.1) is 0 Å². The Morgan fingerprint density at radius 3 is 2.75 bits per heavy atom. The number of aryl methyl sites for hydroxylation is 1. The number of rotatable bonds is 4. The molecule has 0 atom stereocenters. The first-order valence-corrected chi connectivity index (χ1v) is 7.69. The number of nitrogens with zero attached hydrogens (tertiary/aromatic N) is 1. The average Bonchev–Trinajstić information content (AvgIpc) is 2.48. The molecular formula is C16H23ClN2O. The van der Waals surface area contributed by atoms with Gasteiger partial charge in [-0.1, -0.05) is 17.7 Å². The zero-order valence-electron chi connectivity index (χ0n) is 12.3. The molecule has 1 aromatic carbocycles. The van der Waals surface area contributed by atoms with Crippen LogP contribution in [0.4, 0.5) is 5.69 Å². The van der Waals surface area contributed by atoms with Crippen LogP contribution in [0, 0.1) is 12.8 Å². The highest BCUT2D eigenvalue weighted by atomic mass is 35.5. The van der Waals surface area contributed by atoms with E-state index in [2.05, 4.69) is 5.32 Å². The fourth-order valence-corrected chi connectivity index (χ4v) is 2.77. The quantitative estimate of drug-likeness (QED) is 0.923. The first-order valence-electron chi connectivity index (χ1n) is 7.31. The number of amides is 1. The lowest BCUT2D eigenvalue weighted by Gasteiger charge is -2.24. The van der Waals surface area contributed by atoms with Crippen molar-refractivity contribution in [2.75, 3.05) is 25.0 Å². The lowest BCUT2D eigenvalue weighted by molar-refractivity contribution is -0.118. The second kappa shape index (κ2) is 7.09. The van der Waals surface area contributed by atoms with Gasteiger partial charge in [-0.2, -0.15) is 0 Å². The van der Waals surface area contributed by atoms with Crippen molar-refractivity contribution in [3.05, 3.63) is 28.8 Å². The highest BCUT2D eigenvalue weighted by molar-refractivity contribution is 6.31. The van der Waals surface area contributed by atoms with Crippen molar-refractivity contribution in [2.45, 2.75) is 32.6 Å². The molecule has 0 unspecified atom stereocenters. The van der Waals surface area contributed by atoms with Gasteiger partial charge in [-0.3, -0.25) is 4.79 Å². The van der Waals surface area contributed by atoms with Gasteiger partial charge in [0.15, 0.2) is 0 Å². The Morgan fingerprint density at radius 2 is 2.10 bits per heavy atom. The maximum atomic E-state index is 12.2. The van der Waals surface area contributed by atoms with Crippen molar-refractivity contribution >= 4 is 23.2 Å². The van der Waals surface area contributed by atoms with Crippen LogP contribution in [0.1, 0.15) is 31.2 Å². The lowest BCUT2D eigenvalue weighted by Crippen LogP contribution is -2.30. The van der Waals surface area contributed by atoms with Crippen LogP contribution >= 0.6 is 11.6 Å². The average molecular weight is 295 g/mol. The summed E-state index contributed by atoms with van der Waals surface area (Å²) in [5.74, 6) is 0.860. The molecule has 20 heavy (non-hydrogen) atoms. The van der Waals surface area contributed by atoms with Crippen LogP contribution in [0.25, 0.3) is 0 Å². The number of carbonyl (C=O) groups is 1. The van der Waals surface area contributed by atoms with Gasteiger partial charge in [0.05, 0.1) is 0 Å². The topological polar surface area (TPSA) is 32.3 Å². The second-order valence-corrected chi connectivity index (χ2v) is 6.03. The summed E-state index contributed by atoms with van der Waals surface area (Å²) in [6.45, 7) is 4.13. The molecule has 0 bridgehead atoms. The van der Waals surface area contributed by atoms with Gasteiger partial charge in [-0.05, 0) is 62.9 Å². The molecule has 2 rings (SSSR count). The van der Waals surface area contributed by atoms with Crippen LogP contribution in [-0.4, -0.2) is 26.0 Å². The zero-order chi connectivity index (χ0) is 14.5. The molecule has 0 aliphatic carbocycles. The summed E-state index contributed by atoms with van der Waals surface area (Å²) >= 11 is 6.12. The Hall–Kier alpha value is -1.06. The highest BCUT2D eigenvalue weighted by Crippen LogP contribution is 2.24. The van der Waals surface area contributed by atoms with Gasteiger partial charge in [-0.25, -0.2) is 0 Å². The van der Waals surface area contributed by atoms with E-state index in [9.17, 15) is 4.79 Å². The van der Waals surface area contributed by atoms with E-state index >= 15 is 0 Å². The van der Waals surface area contributed by atoms with Crippen molar-refractivity contribution in [1.82, 2.24) is 5.32 Å². The van der Waals surface area contributed by atoms with E-state index in [0.29, 0.717) is 17.4 Å². The first kappa shape index (κ1) is 15.3. The number of nitrogens with one attached hydrogen (secondary N) is 1. The SMILES string of the molecule is Cc1ccc(N(C)C(=O)CCC2CCNCC2)cc1Cl. The minimum Gasteiger partial charge on any atom is -0.317 e. The number of hydrogen-bond acceptors (Lipinski definition) is 2. The molecule has 1 N–H and O–H groups in total. The number of benzene rings is 1. The predicted molar refractivity (Wildman–Crippen MR) is 84.4 cm³/mol. The van der Waals surface area contributed by atoms with Gasteiger partial charge in [0, 0.05) is 24.2 Å². The summed E-state index contributed by atoms with van der Waals surface area (Å²) in [5.41, 5.74) is 1.90. The maximum Gasteiger partial charge on any atom is 0.226 e. The molecule has 0 aromatic heterocycles. The fraction of sp³-hybridized carbons (Fsp3) is 0.562. The molecule has 1 aliphatic rings. The monoisotopic (exact) mass is 294 g/mol. The van der Waals surface area contributed by atoms with Gasteiger partial charge in [0.1, 0.15) is 0 Å². The van der Waals surface area contributed by atoms with Crippen LogP contribution in [0.3, 0.4) is 0 Å². The van der Waals surface area contributed by atoms with Crippen LogP contribution < -0.4 is 10.2 Å². The molecule has 0 radical (unpaired) electrons. The Labute approximate surface area is 126 Å². The maximum absolute atomic E-state index is 12.2. The summed E-state index contributed by atoms with van der Waals surface area (Å²) in [4.78, 5) is 14.0. The van der Waals surface area contributed by atoms with Gasteiger partial charge in [0.25, 0.3) is 0 Å². The summed E-state index contributed by atoms with van der Waals surface area (Å²) in [6.07, 6.45) is 3.98. The van der Waals surface area contributed by atoms with Crippen molar-refractivity contribution in [3.8, 4) is 0 Å². The number of carbonyl (C=O) groups excluding carboxylic acids is 1. The van der Waals surface area contributed by atoms with Crippen molar-refractivity contribution in [2.24, 2.45) is 5.92 Å². The third-order valence-electron chi connectivity index (χ3n) is 4.14. The molecule has 1 heterocycles. The molecule has 1 fully saturated rings. The van der Waals surface area contributed by atoms with Crippen LogP contribution in [0.5, 0.6) is 0 Å². The number of piperidine rings is 1. The Bertz CT molecular complexity index is 470. The first-order chi connectivity index (χ1) is 9.58. The molecule has 110 valence electrons. The molecular weight excluding hydrogens is 272 g/mol. The van der Waals surface area contributed by atoms with E-state index in [-0.39, 0.29) is 5.91 Å². The fourth-order valence-electron chi connectivity index (χ4n) is 2.60. The number of hydrogen-bond donors (Lipinski definition) is 1. The molecule has 4 heteroatoms. The number of halogens is 1. The van der Waals surface area contributed by atoms with Gasteiger partial charge >= 0.3 is 0 Å². The Morgan fingerprint density at radius 1 is 1.40 bits per heavy atom. The van der Waals surface area contributed by atoms with Crippen LogP contribution in [-0.2, 0) is 4.79 Å². The van der Waals surface area contributed by atoms with E-state index in [0.717, 1.165) is 30.8 Å². The standard InChI is InChI=1S/C16H23ClN2O/c1-12-3-5-14(11-15(12)17)19(2)16(20)6-4-13-7-9-18-10-8-13/h3,5,11,13,18H,4,6-10H2,1-2H3. The van der Waals surface area contributed by atoms with E-state index in [1.807, 2.05) is 32.2 Å². The minimum atomic E-state index is 0.170. The van der Waals surface area contributed by atoms with E-state index in [1.54, 1.807) is 4.90 Å². The predicted octanol–water partition coefficient (Wildman–Crippen LogP) is 3.39. The Balaban J connectivity index is 1.89. The van der Waals surface area contributed by atoms with E-state index in [1.165, 1.54) is 12.8 Å². The molecule has 0 saturated carbocycles. The molecule has 0 spiro atoms. The third-order valence-corrected chi connectivity index (χ3v) is 4.55. The normalized spacial score (nSPS) is 16.1. The molecule has 1 saturated heterocycles. The van der Waals surface area contributed by atoms with Crippen molar-refractivity contribution in [1.29, 1.82) is 0 Å². The largest absolute Gasteiger partial charge is 0.317 e. The minimum absolute atomic E-state index is 0.170. The smallest absolute Gasteiger partial charge is 0.226 e. The third kappa shape index (κ3) is 3.97. The summed E-state index contributed by atoms with van der Waals surface area (Å²) in [6, 6.07) is 5.76. The Kier molecular flexibility index (Phi) is 5.44. The van der Waals surface area contributed by atoms with Gasteiger partial charge < -0.3 is 10.2 Å². The molecule has 1 aliphatic heterocycles. The molecule has 3 nitrogen and oxygen atoms in total.